The second-order valence-electron chi connectivity index (χ2n) is 5.91. The standard InChI is InChI=1S/C18H20N2O4/c1-11(2)10-20(15-6-4-3-5-13(15)18(23)24)16-8-7-12(17(21)22)9-14(16)19/h3-9,11H,10,19H2,1-2H3,(H,21,22)(H,23,24). The summed E-state index contributed by atoms with van der Waals surface area (Å²) in [7, 11) is 0. The van der Waals surface area contributed by atoms with Crippen LogP contribution in [0, 0.1) is 5.92 Å². The molecule has 0 spiro atoms. The highest BCUT2D eigenvalue weighted by Crippen LogP contribution is 2.34. The van der Waals surface area contributed by atoms with Gasteiger partial charge in [0.25, 0.3) is 0 Å². The van der Waals surface area contributed by atoms with Gasteiger partial charge < -0.3 is 20.8 Å². The molecular formula is C18H20N2O4. The lowest BCUT2D eigenvalue weighted by molar-refractivity contribution is 0.0686. The molecule has 0 unspecified atom stereocenters. The highest BCUT2D eigenvalue weighted by Gasteiger charge is 2.20. The Labute approximate surface area is 140 Å². The summed E-state index contributed by atoms with van der Waals surface area (Å²) in [5.74, 6) is -1.85. The quantitative estimate of drug-likeness (QED) is 0.702. The van der Waals surface area contributed by atoms with E-state index in [4.69, 9.17) is 10.8 Å². The molecule has 4 N–H and O–H groups in total. The molecule has 2 aromatic rings. The van der Waals surface area contributed by atoms with E-state index in [2.05, 4.69) is 0 Å². The van der Waals surface area contributed by atoms with Crippen LogP contribution < -0.4 is 10.6 Å². The zero-order chi connectivity index (χ0) is 17.9. The number of rotatable bonds is 6. The van der Waals surface area contributed by atoms with Crippen LogP contribution in [0.4, 0.5) is 17.1 Å². The second-order valence-corrected chi connectivity index (χ2v) is 5.91. The summed E-state index contributed by atoms with van der Waals surface area (Å²) in [4.78, 5) is 24.4. The molecule has 0 aliphatic rings. The molecule has 6 heteroatoms. The average molecular weight is 328 g/mol. The summed E-state index contributed by atoms with van der Waals surface area (Å²) in [5.41, 5.74) is 7.70. The minimum atomic E-state index is -1.06. The van der Waals surface area contributed by atoms with Crippen molar-refractivity contribution < 1.29 is 19.8 Å². The number of hydrogen-bond acceptors (Lipinski definition) is 4. The van der Waals surface area contributed by atoms with Crippen LogP contribution in [0.15, 0.2) is 42.5 Å². The number of nitrogens with zero attached hydrogens (tertiary/aromatic N) is 1. The highest BCUT2D eigenvalue weighted by atomic mass is 16.4. The van der Waals surface area contributed by atoms with Gasteiger partial charge in [0.1, 0.15) is 0 Å². The van der Waals surface area contributed by atoms with Crippen molar-refractivity contribution in [2.24, 2.45) is 5.92 Å². The highest BCUT2D eigenvalue weighted by molar-refractivity contribution is 5.97. The molecule has 0 atom stereocenters. The number of carboxylic acids is 2. The molecule has 0 heterocycles. The van der Waals surface area contributed by atoms with E-state index >= 15 is 0 Å². The lowest BCUT2D eigenvalue weighted by Gasteiger charge is -2.29. The maximum absolute atomic E-state index is 11.5. The molecule has 0 aliphatic carbocycles. The van der Waals surface area contributed by atoms with Crippen LogP contribution in [0.3, 0.4) is 0 Å². The third-order valence-corrected chi connectivity index (χ3v) is 3.54. The molecule has 2 rings (SSSR count). The van der Waals surface area contributed by atoms with Crippen LogP contribution in [0.1, 0.15) is 34.6 Å². The molecule has 0 saturated carbocycles. The van der Waals surface area contributed by atoms with Crippen molar-refractivity contribution in [1.29, 1.82) is 0 Å². The van der Waals surface area contributed by atoms with Crippen molar-refractivity contribution in [2.75, 3.05) is 17.2 Å². The zero-order valence-electron chi connectivity index (χ0n) is 13.6. The molecule has 6 nitrogen and oxygen atoms in total. The van der Waals surface area contributed by atoms with Crippen molar-refractivity contribution in [2.45, 2.75) is 13.8 Å². The lowest BCUT2D eigenvalue weighted by atomic mass is 10.1. The van der Waals surface area contributed by atoms with Gasteiger partial charge in [-0.15, -0.1) is 0 Å². The van der Waals surface area contributed by atoms with Gasteiger partial charge in [0.15, 0.2) is 0 Å². The Bertz CT molecular complexity index is 771. The maximum atomic E-state index is 11.5. The Balaban J connectivity index is 2.59. The summed E-state index contributed by atoms with van der Waals surface area (Å²) in [5, 5.41) is 18.5. The Morgan fingerprint density at radius 2 is 1.71 bits per heavy atom. The predicted molar refractivity (Wildman–Crippen MR) is 93.1 cm³/mol. The van der Waals surface area contributed by atoms with Gasteiger partial charge in [-0.3, -0.25) is 0 Å². The molecule has 0 aliphatic heterocycles. The number of hydrogen-bond donors (Lipinski definition) is 3. The lowest BCUT2D eigenvalue weighted by Crippen LogP contribution is -2.25. The van der Waals surface area contributed by atoms with Crippen molar-refractivity contribution in [3.05, 3.63) is 53.6 Å². The minimum Gasteiger partial charge on any atom is -0.478 e. The van der Waals surface area contributed by atoms with E-state index in [0.29, 0.717) is 17.9 Å². The molecule has 2 aromatic carbocycles. The van der Waals surface area contributed by atoms with Crippen LogP contribution in [-0.4, -0.2) is 28.7 Å². The van der Waals surface area contributed by atoms with Crippen LogP contribution in [0.25, 0.3) is 0 Å². The first-order valence-corrected chi connectivity index (χ1v) is 7.54. The minimum absolute atomic E-state index is 0.0901. The van der Waals surface area contributed by atoms with Crippen molar-refractivity contribution in [3.63, 3.8) is 0 Å². The molecule has 0 fully saturated rings. The largest absolute Gasteiger partial charge is 0.478 e. The first-order valence-electron chi connectivity index (χ1n) is 7.54. The van der Waals surface area contributed by atoms with Gasteiger partial charge in [-0.25, -0.2) is 9.59 Å². The van der Waals surface area contributed by atoms with Crippen molar-refractivity contribution >= 4 is 29.0 Å². The molecule has 0 bridgehead atoms. The number of carbonyl (C=O) groups is 2. The smallest absolute Gasteiger partial charge is 0.337 e. The number of nitrogens with two attached hydrogens (primary N) is 1. The van der Waals surface area contributed by atoms with E-state index in [1.54, 1.807) is 24.3 Å². The molecule has 0 radical (unpaired) electrons. The van der Waals surface area contributed by atoms with E-state index < -0.39 is 11.9 Å². The predicted octanol–water partition coefficient (Wildman–Crippen LogP) is 3.46. The van der Waals surface area contributed by atoms with E-state index in [0.717, 1.165) is 0 Å². The summed E-state index contributed by atoms with van der Waals surface area (Å²) >= 11 is 0. The topological polar surface area (TPSA) is 104 Å². The van der Waals surface area contributed by atoms with Gasteiger partial charge in [-0.1, -0.05) is 26.0 Å². The molecule has 24 heavy (non-hydrogen) atoms. The number of nitrogen functional groups attached to an aromatic ring is 1. The first kappa shape index (κ1) is 17.3. The van der Waals surface area contributed by atoms with E-state index in [1.165, 1.54) is 18.2 Å². The van der Waals surface area contributed by atoms with Crippen LogP contribution >= 0.6 is 0 Å². The number of para-hydroxylation sites is 1. The molecule has 0 saturated heterocycles. The van der Waals surface area contributed by atoms with Gasteiger partial charge in [0.2, 0.25) is 0 Å². The first-order chi connectivity index (χ1) is 11.3. The zero-order valence-corrected chi connectivity index (χ0v) is 13.6. The number of carboxylic acid groups (broad SMARTS) is 2. The van der Waals surface area contributed by atoms with E-state index in [1.807, 2.05) is 18.7 Å². The van der Waals surface area contributed by atoms with Crippen LogP contribution in [0.5, 0.6) is 0 Å². The fourth-order valence-electron chi connectivity index (χ4n) is 2.51. The Morgan fingerprint density at radius 3 is 2.25 bits per heavy atom. The fourth-order valence-corrected chi connectivity index (χ4v) is 2.51. The molecular weight excluding hydrogens is 308 g/mol. The summed E-state index contributed by atoms with van der Waals surface area (Å²) in [6.07, 6.45) is 0. The van der Waals surface area contributed by atoms with E-state index in [-0.39, 0.29) is 22.7 Å². The van der Waals surface area contributed by atoms with Gasteiger partial charge >= 0.3 is 11.9 Å². The third kappa shape index (κ3) is 3.65. The van der Waals surface area contributed by atoms with Crippen molar-refractivity contribution in [3.8, 4) is 0 Å². The summed E-state index contributed by atoms with van der Waals surface area (Å²) in [6.45, 7) is 4.57. The average Bonchev–Trinajstić information content (AvgIpc) is 2.52. The SMILES string of the molecule is CC(C)CN(c1ccc(C(=O)O)cc1N)c1ccccc1C(=O)O. The van der Waals surface area contributed by atoms with Gasteiger partial charge in [-0.2, -0.15) is 0 Å². The third-order valence-electron chi connectivity index (χ3n) is 3.54. The normalized spacial score (nSPS) is 10.6. The Morgan fingerprint density at radius 1 is 1.04 bits per heavy atom. The molecule has 126 valence electrons. The monoisotopic (exact) mass is 328 g/mol. The van der Waals surface area contributed by atoms with Crippen LogP contribution in [0.2, 0.25) is 0 Å². The number of aromatic carboxylic acids is 2. The Hall–Kier alpha value is -3.02. The van der Waals surface area contributed by atoms with E-state index in [9.17, 15) is 14.7 Å². The number of anilines is 3. The van der Waals surface area contributed by atoms with Crippen molar-refractivity contribution in [1.82, 2.24) is 0 Å². The summed E-state index contributed by atoms with van der Waals surface area (Å²) < 4.78 is 0. The molecule has 0 aromatic heterocycles. The van der Waals surface area contributed by atoms with Gasteiger partial charge in [0, 0.05) is 6.54 Å². The van der Waals surface area contributed by atoms with Gasteiger partial charge in [-0.05, 0) is 36.2 Å². The van der Waals surface area contributed by atoms with Gasteiger partial charge in [0.05, 0.1) is 28.2 Å². The van der Waals surface area contributed by atoms with Crippen LogP contribution in [-0.2, 0) is 0 Å². The molecule has 0 amide bonds. The maximum Gasteiger partial charge on any atom is 0.337 e. The summed E-state index contributed by atoms with van der Waals surface area (Å²) in [6, 6.07) is 11.1. The fraction of sp³-hybridized carbons (Fsp3) is 0.222. The number of benzene rings is 2. The second kappa shape index (κ2) is 7.04. The Kier molecular flexibility index (Phi) is 5.08.